The van der Waals surface area contributed by atoms with Crippen LogP contribution in [0.15, 0.2) is 12.1 Å². The van der Waals surface area contributed by atoms with E-state index in [-0.39, 0.29) is 32.3 Å². The van der Waals surface area contributed by atoms with Crippen LogP contribution < -0.4 is 5.32 Å². The lowest BCUT2D eigenvalue weighted by Crippen LogP contribution is -2.25. The van der Waals surface area contributed by atoms with Gasteiger partial charge >= 0.3 is 6.18 Å². The van der Waals surface area contributed by atoms with E-state index in [2.05, 4.69) is 10.3 Å². The second-order valence-corrected chi connectivity index (χ2v) is 8.27. The van der Waals surface area contributed by atoms with Crippen LogP contribution in [0.2, 0.25) is 15.1 Å². The number of benzene rings is 1. The number of anilines is 2. The summed E-state index contributed by atoms with van der Waals surface area (Å²) >= 11 is 19.0. The van der Waals surface area contributed by atoms with Crippen molar-refractivity contribution in [2.75, 3.05) is 18.4 Å². The third-order valence-electron chi connectivity index (χ3n) is 3.65. The standard InChI is InChI=1S/C17H19Cl3F3N3S/c1-3-5-26(6-4-2)9-13-15(17(21,22)23)25-16(27-13)24-14-11(19)7-10(18)8-12(14)20/h7-8H,3-6,9H2,1-2H3,(H,24,25). The maximum absolute atomic E-state index is 13.5. The number of alkyl halides is 3. The number of hydrogen-bond acceptors (Lipinski definition) is 4. The molecule has 1 N–H and O–H groups in total. The summed E-state index contributed by atoms with van der Waals surface area (Å²) in [4.78, 5) is 5.92. The van der Waals surface area contributed by atoms with Crippen LogP contribution in [0.3, 0.4) is 0 Å². The Labute approximate surface area is 175 Å². The van der Waals surface area contributed by atoms with E-state index in [1.165, 1.54) is 12.1 Å². The molecule has 0 aliphatic heterocycles. The van der Waals surface area contributed by atoms with Gasteiger partial charge in [-0.1, -0.05) is 60.0 Å². The number of thiazole rings is 1. The summed E-state index contributed by atoms with van der Waals surface area (Å²) in [5, 5.41) is 3.63. The maximum atomic E-state index is 13.5. The molecule has 1 aromatic heterocycles. The van der Waals surface area contributed by atoms with Crippen LogP contribution in [-0.4, -0.2) is 23.0 Å². The number of hydrogen-bond donors (Lipinski definition) is 1. The number of nitrogens with zero attached hydrogens (tertiary/aromatic N) is 2. The fraction of sp³-hybridized carbons (Fsp3) is 0.471. The van der Waals surface area contributed by atoms with Gasteiger partial charge in [-0.15, -0.1) is 0 Å². The highest BCUT2D eigenvalue weighted by Crippen LogP contribution is 2.40. The minimum Gasteiger partial charge on any atom is -0.329 e. The first-order chi connectivity index (χ1) is 12.7. The average Bonchev–Trinajstić information content (AvgIpc) is 2.94. The zero-order valence-electron chi connectivity index (χ0n) is 14.8. The Bertz CT molecular complexity index is 752. The highest BCUT2D eigenvalue weighted by atomic mass is 35.5. The Kier molecular flexibility index (Phi) is 8.06. The molecule has 0 radical (unpaired) electrons. The molecule has 0 saturated carbocycles. The molecule has 3 nitrogen and oxygen atoms in total. The Morgan fingerprint density at radius 1 is 1.07 bits per heavy atom. The molecule has 0 fully saturated rings. The third-order valence-corrected chi connectivity index (χ3v) is 5.42. The van der Waals surface area contributed by atoms with Gasteiger partial charge in [0.15, 0.2) is 10.8 Å². The maximum Gasteiger partial charge on any atom is 0.434 e. The summed E-state index contributed by atoms with van der Waals surface area (Å²) in [6.07, 6.45) is -2.81. The first-order valence-electron chi connectivity index (χ1n) is 8.36. The van der Waals surface area contributed by atoms with Crippen LogP contribution in [0.1, 0.15) is 37.3 Å². The molecule has 0 unspecified atom stereocenters. The number of nitrogens with one attached hydrogen (secondary N) is 1. The fourth-order valence-electron chi connectivity index (χ4n) is 2.61. The van der Waals surface area contributed by atoms with Crippen molar-refractivity contribution in [3.63, 3.8) is 0 Å². The number of aromatic nitrogens is 1. The van der Waals surface area contributed by atoms with Crippen molar-refractivity contribution in [2.24, 2.45) is 0 Å². The topological polar surface area (TPSA) is 28.2 Å². The molecule has 1 heterocycles. The normalized spacial score (nSPS) is 12.0. The van der Waals surface area contributed by atoms with E-state index < -0.39 is 11.9 Å². The monoisotopic (exact) mass is 459 g/mol. The summed E-state index contributed by atoms with van der Waals surface area (Å²) in [5.74, 6) is 0. The first kappa shape index (κ1) is 22.6. The Morgan fingerprint density at radius 3 is 2.11 bits per heavy atom. The minimum atomic E-state index is -4.54. The molecular weight excluding hydrogens is 442 g/mol. The highest BCUT2D eigenvalue weighted by Gasteiger charge is 2.38. The summed E-state index contributed by atoms with van der Waals surface area (Å²) in [5.41, 5.74) is -0.607. The van der Waals surface area contributed by atoms with E-state index in [0.717, 1.165) is 37.3 Å². The van der Waals surface area contributed by atoms with E-state index in [1.54, 1.807) is 0 Å². The van der Waals surface area contributed by atoms with Crippen LogP contribution in [0.25, 0.3) is 0 Å². The van der Waals surface area contributed by atoms with Crippen molar-refractivity contribution in [1.29, 1.82) is 0 Å². The summed E-state index contributed by atoms with van der Waals surface area (Å²) < 4.78 is 40.4. The van der Waals surface area contributed by atoms with Gasteiger partial charge in [-0.2, -0.15) is 13.2 Å². The van der Waals surface area contributed by atoms with Gasteiger partial charge in [0.05, 0.1) is 20.6 Å². The van der Waals surface area contributed by atoms with Gasteiger partial charge < -0.3 is 5.32 Å². The van der Waals surface area contributed by atoms with Crippen LogP contribution in [0, 0.1) is 0 Å². The van der Waals surface area contributed by atoms with Crippen LogP contribution in [-0.2, 0) is 12.7 Å². The lowest BCUT2D eigenvalue weighted by atomic mass is 10.3. The predicted octanol–water partition coefficient (Wildman–Crippen LogP) is 7.49. The summed E-state index contributed by atoms with van der Waals surface area (Å²) in [7, 11) is 0. The Hall–Kier alpha value is -0.730. The first-order valence-corrected chi connectivity index (χ1v) is 10.3. The zero-order valence-corrected chi connectivity index (χ0v) is 17.8. The van der Waals surface area contributed by atoms with Crippen molar-refractivity contribution in [3.8, 4) is 0 Å². The average molecular weight is 461 g/mol. The van der Waals surface area contributed by atoms with Crippen LogP contribution >= 0.6 is 46.1 Å². The SMILES string of the molecule is CCCN(CCC)Cc1sc(Nc2c(Cl)cc(Cl)cc2Cl)nc1C(F)(F)F. The molecule has 2 aromatic rings. The van der Waals surface area contributed by atoms with E-state index in [1.807, 2.05) is 18.7 Å². The lowest BCUT2D eigenvalue weighted by Gasteiger charge is -2.20. The number of rotatable bonds is 8. The van der Waals surface area contributed by atoms with Crippen molar-refractivity contribution >= 4 is 57.0 Å². The smallest absolute Gasteiger partial charge is 0.329 e. The molecule has 27 heavy (non-hydrogen) atoms. The fourth-order valence-corrected chi connectivity index (χ4v) is 4.55. The van der Waals surface area contributed by atoms with E-state index in [9.17, 15) is 13.2 Å². The van der Waals surface area contributed by atoms with E-state index >= 15 is 0 Å². The van der Waals surface area contributed by atoms with E-state index in [4.69, 9.17) is 34.8 Å². The molecule has 0 atom stereocenters. The van der Waals surface area contributed by atoms with Gasteiger partial charge in [0.25, 0.3) is 0 Å². The molecule has 0 aliphatic rings. The predicted molar refractivity (Wildman–Crippen MR) is 108 cm³/mol. The molecule has 1 aromatic carbocycles. The Balaban J connectivity index is 2.35. The molecular formula is C17H19Cl3F3N3S. The van der Waals surface area contributed by atoms with Gasteiger partial charge in [-0.3, -0.25) is 4.90 Å². The van der Waals surface area contributed by atoms with Gasteiger partial charge in [0, 0.05) is 11.6 Å². The van der Waals surface area contributed by atoms with Gasteiger partial charge in [0.1, 0.15) is 0 Å². The molecule has 0 aliphatic carbocycles. The zero-order chi connectivity index (χ0) is 20.2. The highest BCUT2D eigenvalue weighted by molar-refractivity contribution is 7.15. The summed E-state index contributed by atoms with van der Waals surface area (Å²) in [6, 6.07) is 2.92. The largest absolute Gasteiger partial charge is 0.434 e. The van der Waals surface area contributed by atoms with Crippen LogP contribution in [0.4, 0.5) is 24.0 Å². The van der Waals surface area contributed by atoms with E-state index in [0.29, 0.717) is 5.02 Å². The van der Waals surface area contributed by atoms with Crippen molar-refractivity contribution in [1.82, 2.24) is 9.88 Å². The molecule has 0 spiro atoms. The molecule has 0 saturated heterocycles. The summed E-state index contributed by atoms with van der Waals surface area (Å²) in [6.45, 7) is 5.63. The molecule has 0 bridgehead atoms. The van der Waals surface area contributed by atoms with Gasteiger partial charge in [-0.05, 0) is 38.1 Å². The van der Waals surface area contributed by atoms with Crippen LogP contribution in [0.5, 0.6) is 0 Å². The molecule has 10 heteroatoms. The lowest BCUT2D eigenvalue weighted by molar-refractivity contribution is -0.141. The number of halogens is 6. The third kappa shape index (κ3) is 6.12. The second kappa shape index (κ2) is 9.65. The molecule has 0 amide bonds. The molecule has 150 valence electrons. The Morgan fingerprint density at radius 2 is 1.63 bits per heavy atom. The quantitative estimate of drug-likeness (QED) is 0.442. The minimum absolute atomic E-state index is 0.0800. The molecule has 2 rings (SSSR count). The second-order valence-electron chi connectivity index (χ2n) is 5.93. The van der Waals surface area contributed by atoms with Crippen molar-refractivity contribution in [2.45, 2.75) is 39.4 Å². The van der Waals surface area contributed by atoms with Gasteiger partial charge in [0.2, 0.25) is 0 Å². The van der Waals surface area contributed by atoms with Crippen molar-refractivity contribution < 1.29 is 13.2 Å². The van der Waals surface area contributed by atoms with Gasteiger partial charge in [-0.25, -0.2) is 4.98 Å². The van der Waals surface area contributed by atoms with Crippen molar-refractivity contribution in [3.05, 3.63) is 37.8 Å².